The average Bonchev–Trinajstić information content (AvgIpc) is 2.20. The minimum Gasteiger partial charge on any atom is -0.485 e. The molecule has 2 N–H and O–H groups in total. The van der Waals surface area contributed by atoms with Crippen LogP contribution in [-0.4, -0.2) is 11.1 Å². The van der Waals surface area contributed by atoms with Crippen LogP contribution in [0.5, 0.6) is 5.75 Å². The number of rotatable bonds is 4. The first-order valence-corrected chi connectivity index (χ1v) is 4.63. The number of ether oxygens (including phenoxy) is 1. The van der Waals surface area contributed by atoms with E-state index in [-0.39, 0.29) is 6.10 Å². The van der Waals surface area contributed by atoms with Gasteiger partial charge in [0.2, 0.25) is 0 Å². The highest BCUT2D eigenvalue weighted by Crippen LogP contribution is 2.17. The molecule has 0 saturated carbocycles. The monoisotopic (exact) mass is 192 g/mol. The molecule has 1 rings (SSSR count). The summed E-state index contributed by atoms with van der Waals surface area (Å²) in [4.78, 5) is 4.29. The minimum absolute atomic E-state index is 0.0233. The minimum atomic E-state index is -0.0233. The van der Waals surface area contributed by atoms with E-state index in [2.05, 4.69) is 11.6 Å². The molecular formula is C11H16N2O. The van der Waals surface area contributed by atoms with E-state index in [0.29, 0.717) is 6.54 Å². The molecule has 0 aliphatic rings. The van der Waals surface area contributed by atoms with Crippen LogP contribution < -0.4 is 10.5 Å². The summed E-state index contributed by atoms with van der Waals surface area (Å²) in [5, 5.41) is 0. The third kappa shape index (κ3) is 2.57. The van der Waals surface area contributed by atoms with Crippen molar-refractivity contribution >= 4 is 0 Å². The number of nitrogens with two attached hydrogens (primary N) is 1. The lowest BCUT2D eigenvalue weighted by molar-refractivity contribution is 0.266. The molecule has 0 spiro atoms. The highest BCUT2D eigenvalue weighted by atomic mass is 16.5. The lowest BCUT2D eigenvalue weighted by atomic mass is 10.3. The van der Waals surface area contributed by atoms with Gasteiger partial charge in [-0.1, -0.05) is 12.7 Å². The maximum atomic E-state index is 5.58. The fourth-order valence-corrected chi connectivity index (χ4v) is 1.10. The van der Waals surface area contributed by atoms with Crippen molar-refractivity contribution in [2.24, 2.45) is 5.73 Å². The van der Waals surface area contributed by atoms with Crippen molar-refractivity contribution in [3.63, 3.8) is 0 Å². The van der Waals surface area contributed by atoms with Crippen molar-refractivity contribution in [1.82, 2.24) is 4.98 Å². The zero-order chi connectivity index (χ0) is 10.6. The Morgan fingerprint density at radius 1 is 1.64 bits per heavy atom. The van der Waals surface area contributed by atoms with Gasteiger partial charge in [0.15, 0.2) is 0 Å². The van der Waals surface area contributed by atoms with E-state index in [9.17, 15) is 0 Å². The van der Waals surface area contributed by atoms with Gasteiger partial charge in [-0.05, 0) is 26.0 Å². The Kier molecular flexibility index (Phi) is 3.65. The van der Waals surface area contributed by atoms with Crippen LogP contribution in [0.15, 0.2) is 24.8 Å². The molecule has 14 heavy (non-hydrogen) atoms. The molecule has 3 nitrogen and oxygen atoms in total. The van der Waals surface area contributed by atoms with Crippen molar-refractivity contribution in [3.8, 4) is 5.75 Å². The van der Waals surface area contributed by atoms with Gasteiger partial charge in [-0.3, -0.25) is 4.98 Å². The predicted molar refractivity (Wildman–Crippen MR) is 57.2 cm³/mol. The highest BCUT2D eigenvalue weighted by Gasteiger charge is 2.06. The third-order valence-electron chi connectivity index (χ3n) is 1.91. The van der Waals surface area contributed by atoms with E-state index in [1.54, 1.807) is 6.08 Å². The Hall–Kier alpha value is -1.35. The van der Waals surface area contributed by atoms with Gasteiger partial charge in [0, 0.05) is 12.2 Å². The fraction of sp³-hybridized carbons (Fsp3) is 0.364. The first-order valence-electron chi connectivity index (χ1n) is 4.63. The van der Waals surface area contributed by atoms with Crippen LogP contribution in [0.25, 0.3) is 0 Å². The van der Waals surface area contributed by atoms with E-state index in [4.69, 9.17) is 10.5 Å². The molecule has 0 aliphatic heterocycles. The van der Waals surface area contributed by atoms with Crippen LogP contribution in [0.2, 0.25) is 0 Å². The van der Waals surface area contributed by atoms with Crippen LogP contribution in [0.4, 0.5) is 0 Å². The summed E-state index contributed by atoms with van der Waals surface area (Å²) in [5.41, 5.74) is 7.31. The standard InChI is InChI=1S/C11H16N2O/c1-4-9(3)14-11-6-5-8(2)13-10(11)7-12/h4-6,9H,1,7,12H2,2-3H3. The Balaban J connectivity index is 2.90. The molecule has 1 atom stereocenters. The maximum Gasteiger partial charge on any atom is 0.143 e. The summed E-state index contributed by atoms with van der Waals surface area (Å²) in [6.07, 6.45) is 1.71. The number of aromatic nitrogens is 1. The summed E-state index contributed by atoms with van der Waals surface area (Å²) in [6.45, 7) is 7.90. The Morgan fingerprint density at radius 2 is 2.36 bits per heavy atom. The van der Waals surface area contributed by atoms with E-state index < -0.39 is 0 Å². The summed E-state index contributed by atoms with van der Waals surface area (Å²) < 4.78 is 5.58. The van der Waals surface area contributed by atoms with E-state index in [0.717, 1.165) is 17.1 Å². The topological polar surface area (TPSA) is 48.1 Å². The lowest BCUT2D eigenvalue weighted by Gasteiger charge is -2.13. The van der Waals surface area contributed by atoms with Gasteiger partial charge in [0.05, 0.1) is 5.69 Å². The van der Waals surface area contributed by atoms with E-state index in [1.807, 2.05) is 26.0 Å². The molecule has 0 radical (unpaired) electrons. The second-order valence-electron chi connectivity index (χ2n) is 3.16. The van der Waals surface area contributed by atoms with Crippen LogP contribution in [-0.2, 0) is 6.54 Å². The maximum absolute atomic E-state index is 5.58. The molecule has 0 bridgehead atoms. The van der Waals surface area contributed by atoms with E-state index in [1.165, 1.54) is 0 Å². The summed E-state index contributed by atoms with van der Waals surface area (Å²) in [7, 11) is 0. The van der Waals surface area contributed by atoms with Crippen LogP contribution in [0, 0.1) is 6.92 Å². The molecule has 1 unspecified atom stereocenters. The zero-order valence-electron chi connectivity index (χ0n) is 8.66. The highest BCUT2D eigenvalue weighted by molar-refractivity contribution is 5.29. The molecule has 0 fully saturated rings. The summed E-state index contributed by atoms with van der Waals surface area (Å²) >= 11 is 0. The Bertz CT molecular complexity index is 323. The molecule has 0 aliphatic carbocycles. The third-order valence-corrected chi connectivity index (χ3v) is 1.91. The molecule has 1 aromatic heterocycles. The van der Waals surface area contributed by atoms with Gasteiger partial charge in [0.1, 0.15) is 11.9 Å². The SMILES string of the molecule is C=CC(C)Oc1ccc(C)nc1CN. The number of aryl methyl sites for hydroxylation is 1. The van der Waals surface area contributed by atoms with Gasteiger partial charge >= 0.3 is 0 Å². The quantitative estimate of drug-likeness (QED) is 0.740. The van der Waals surface area contributed by atoms with Crippen molar-refractivity contribution in [3.05, 3.63) is 36.2 Å². The molecular weight excluding hydrogens is 176 g/mol. The molecule has 76 valence electrons. The lowest BCUT2D eigenvalue weighted by Crippen LogP contribution is -2.11. The van der Waals surface area contributed by atoms with Gasteiger partial charge in [-0.25, -0.2) is 0 Å². The van der Waals surface area contributed by atoms with Gasteiger partial charge in [-0.15, -0.1) is 0 Å². The van der Waals surface area contributed by atoms with Gasteiger partial charge in [-0.2, -0.15) is 0 Å². The van der Waals surface area contributed by atoms with Gasteiger partial charge in [0.25, 0.3) is 0 Å². The second-order valence-corrected chi connectivity index (χ2v) is 3.16. The molecule has 0 aromatic carbocycles. The molecule has 1 aromatic rings. The number of nitrogens with zero attached hydrogens (tertiary/aromatic N) is 1. The number of hydrogen-bond donors (Lipinski definition) is 1. The van der Waals surface area contributed by atoms with Gasteiger partial charge < -0.3 is 10.5 Å². The Morgan fingerprint density at radius 3 is 2.93 bits per heavy atom. The first-order chi connectivity index (χ1) is 6.67. The molecule has 0 saturated heterocycles. The largest absolute Gasteiger partial charge is 0.485 e. The molecule has 0 amide bonds. The number of hydrogen-bond acceptors (Lipinski definition) is 3. The Labute approximate surface area is 84.6 Å². The van der Waals surface area contributed by atoms with Crippen LogP contribution in [0.1, 0.15) is 18.3 Å². The van der Waals surface area contributed by atoms with E-state index >= 15 is 0 Å². The van der Waals surface area contributed by atoms with Crippen LogP contribution >= 0.6 is 0 Å². The van der Waals surface area contributed by atoms with Crippen molar-refractivity contribution in [2.45, 2.75) is 26.5 Å². The van der Waals surface area contributed by atoms with Crippen LogP contribution in [0.3, 0.4) is 0 Å². The van der Waals surface area contributed by atoms with Crippen molar-refractivity contribution in [2.75, 3.05) is 0 Å². The summed E-state index contributed by atoms with van der Waals surface area (Å²) in [6, 6.07) is 3.80. The van der Waals surface area contributed by atoms with Crippen molar-refractivity contribution < 1.29 is 4.74 Å². The zero-order valence-corrected chi connectivity index (χ0v) is 8.66. The normalized spacial score (nSPS) is 12.2. The smallest absolute Gasteiger partial charge is 0.143 e. The number of pyridine rings is 1. The molecule has 1 heterocycles. The average molecular weight is 192 g/mol. The van der Waals surface area contributed by atoms with Crippen molar-refractivity contribution in [1.29, 1.82) is 0 Å². The second kappa shape index (κ2) is 4.77. The predicted octanol–water partition coefficient (Wildman–Crippen LogP) is 1.80. The fourth-order valence-electron chi connectivity index (χ4n) is 1.10. The summed E-state index contributed by atoms with van der Waals surface area (Å²) in [5.74, 6) is 0.741. The molecule has 3 heteroatoms. The first kappa shape index (κ1) is 10.7.